The van der Waals surface area contributed by atoms with Gasteiger partial charge >= 0.3 is 0 Å². The Morgan fingerprint density at radius 2 is 1.73 bits per heavy atom. The summed E-state index contributed by atoms with van der Waals surface area (Å²) in [6, 6.07) is 0.855. The maximum atomic E-state index is 2.71. The fraction of sp³-hybridized carbons (Fsp3) is 1.00. The predicted octanol–water partition coefficient (Wildman–Crippen LogP) is 1.67. The highest BCUT2D eigenvalue weighted by Gasteiger charge is 2.54. The van der Waals surface area contributed by atoms with Crippen molar-refractivity contribution in [3.63, 3.8) is 0 Å². The number of fused-ring (bicyclic) bond motifs is 1. The van der Waals surface area contributed by atoms with E-state index in [1.165, 1.54) is 45.4 Å². The second-order valence-corrected chi connectivity index (χ2v) is 6.04. The van der Waals surface area contributed by atoms with Crippen molar-refractivity contribution in [1.29, 1.82) is 0 Å². The highest BCUT2D eigenvalue weighted by molar-refractivity contribution is 5.05. The third kappa shape index (κ3) is 1.83. The predicted molar refractivity (Wildman–Crippen MR) is 62.9 cm³/mol. The molecule has 3 rings (SSSR count). The van der Waals surface area contributed by atoms with Crippen LogP contribution in [0.15, 0.2) is 0 Å². The van der Waals surface area contributed by atoms with Gasteiger partial charge in [-0.2, -0.15) is 0 Å². The Morgan fingerprint density at radius 1 is 1.13 bits per heavy atom. The Kier molecular flexibility index (Phi) is 2.52. The first kappa shape index (κ1) is 10.1. The molecule has 86 valence electrons. The van der Waals surface area contributed by atoms with Crippen molar-refractivity contribution in [3.8, 4) is 0 Å². The lowest BCUT2D eigenvalue weighted by Crippen LogP contribution is -2.31. The average molecular weight is 208 g/mol. The second-order valence-electron chi connectivity index (χ2n) is 6.04. The van der Waals surface area contributed by atoms with Crippen molar-refractivity contribution < 1.29 is 0 Å². The highest BCUT2D eigenvalue weighted by atomic mass is 15.2. The van der Waals surface area contributed by atoms with Crippen LogP contribution in [0.2, 0.25) is 0 Å². The van der Waals surface area contributed by atoms with Gasteiger partial charge in [-0.1, -0.05) is 0 Å². The van der Waals surface area contributed by atoms with Crippen LogP contribution in [0.3, 0.4) is 0 Å². The summed E-state index contributed by atoms with van der Waals surface area (Å²) in [7, 11) is 2.27. The van der Waals surface area contributed by atoms with Crippen LogP contribution in [-0.2, 0) is 0 Å². The number of hydrogen-bond donors (Lipinski definition) is 0. The largest absolute Gasteiger partial charge is 0.306 e. The van der Waals surface area contributed by atoms with Crippen LogP contribution >= 0.6 is 0 Å². The molecule has 1 aliphatic carbocycles. The van der Waals surface area contributed by atoms with Crippen LogP contribution in [0.1, 0.15) is 26.2 Å². The molecule has 0 aromatic rings. The number of hydrogen-bond acceptors (Lipinski definition) is 2. The van der Waals surface area contributed by atoms with Crippen LogP contribution in [0, 0.1) is 17.8 Å². The molecule has 3 aliphatic rings. The molecule has 0 spiro atoms. The molecule has 2 heteroatoms. The third-order valence-electron chi connectivity index (χ3n) is 4.93. The first-order valence-corrected chi connectivity index (χ1v) is 6.68. The Hall–Kier alpha value is -0.0800. The van der Waals surface area contributed by atoms with E-state index in [-0.39, 0.29) is 0 Å². The molecular weight excluding hydrogens is 184 g/mol. The summed E-state index contributed by atoms with van der Waals surface area (Å²) < 4.78 is 0. The topological polar surface area (TPSA) is 6.48 Å². The minimum absolute atomic E-state index is 0.855. The molecule has 3 atom stereocenters. The van der Waals surface area contributed by atoms with Crippen LogP contribution in [0.4, 0.5) is 0 Å². The molecule has 15 heavy (non-hydrogen) atoms. The van der Waals surface area contributed by atoms with Crippen LogP contribution in [-0.4, -0.2) is 49.1 Å². The van der Waals surface area contributed by atoms with E-state index in [2.05, 4.69) is 23.8 Å². The van der Waals surface area contributed by atoms with Crippen molar-refractivity contribution in [2.24, 2.45) is 17.8 Å². The lowest BCUT2D eigenvalue weighted by molar-refractivity contribution is 0.224. The fourth-order valence-corrected chi connectivity index (χ4v) is 3.94. The minimum Gasteiger partial charge on any atom is -0.306 e. The molecule has 0 amide bonds. The van der Waals surface area contributed by atoms with E-state index in [9.17, 15) is 0 Å². The van der Waals surface area contributed by atoms with Gasteiger partial charge in [0.2, 0.25) is 0 Å². The molecule has 3 unspecified atom stereocenters. The van der Waals surface area contributed by atoms with Gasteiger partial charge in [0.05, 0.1) is 0 Å². The Bertz CT molecular complexity index is 223. The summed E-state index contributed by atoms with van der Waals surface area (Å²) in [5, 5.41) is 0. The van der Waals surface area contributed by atoms with Crippen LogP contribution in [0.25, 0.3) is 0 Å². The highest BCUT2D eigenvalue weighted by Crippen LogP contribution is 2.53. The van der Waals surface area contributed by atoms with Crippen LogP contribution < -0.4 is 0 Å². The standard InChI is InChI=1S/C13H24N2/c1-10(15-5-3-4-6-15)7-11-12-8-14(2)9-13(11)12/h10-13H,3-9H2,1-2H3. The molecule has 0 radical (unpaired) electrons. The molecule has 0 aromatic carbocycles. The molecule has 2 nitrogen and oxygen atoms in total. The zero-order valence-corrected chi connectivity index (χ0v) is 10.2. The SMILES string of the molecule is CC(CC1C2CN(C)CC12)N1CCCC1. The summed E-state index contributed by atoms with van der Waals surface area (Å²) >= 11 is 0. The monoisotopic (exact) mass is 208 g/mol. The van der Waals surface area contributed by atoms with Crippen molar-refractivity contribution in [2.75, 3.05) is 33.2 Å². The van der Waals surface area contributed by atoms with Gasteiger partial charge in [-0.3, -0.25) is 0 Å². The smallest absolute Gasteiger partial charge is 0.00697 e. The maximum absolute atomic E-state index is 2.71. The maximum Gasteiger partial charge on any atom is 0.00697 e. The zero-order valence-electron chi connectivity index (χ0n) is 10.2. The molecule has 2 aliphatic heterocycles. The van der Waals surface area contributed by atoms with E-state index >= 15 is 0 Å². The number of piperidine rings is 1. The van der Waals surface area contributed by atoms with Crippen LogP contribution in [0.5, 0.6) is 0 Å². The van der Waals surface area contributed by atoms with Gasteiger partial charge in [-0.15, -0.1) is 0 Å². The Morgan fingerprint density at radius 3 is 2.33 bits per heavy atom. The first-order valence-electron chi connectivity index (χ1n) is 6.68. The van der Waals surface area contributed by atoms with E-state index in [1.807, 2.05) is 0 Å². The molecular formula is C13H24N2. The van der Waals surface area contributed by atoms with Gasteiger partial charge in [0.15, 0.2) is 0 Å². The molecule has 0 N–H and O–H groups in total. The van der Waals surface area contributed by atoms with Crippen molar-refractivity contribution >= 4 is 0 Å². The molecule has 2 saturated heterocycles. The van der Waals surface area contributed by atoms with Crippen molar-refractivity contribution in [2.45, 2.75) is 32.2 Å². The van der Waals surface area contributed by atoms with Gasteiger partial charge in [0.1, 0.15) is 0 Å². The first-order chi connectivity index (χ1) is 7.25. The average Bonchev–Trinajstić information content (AvgIpc) is 2.66. The lowest BCUT2D eigenvalue weighted by Gasteiger charge is -2.25. The van der Waals surface area contributed by atoms with E-state index in [4.69, 9.17) is 0 Å². The summed E-state index contributed by atoms with van der Waals surface area (Å²) in [5.41, 5.74) is 0. The molecule has 1 saturated carbocycles. The van der Waals surface area contributed by atoms with Gasteiger partial charge in [-0.25, -0.2) is 0 Å². The van der Waals surface area contributed by atoms with Gasteiger partial charge in [-0.05, 0) is 64.1 Å². The second kappa shape index (κ2) is 3.74. The molecule has 0 aromatic heterocycles. The molecule has 2 heterocycles. The zero-order chi connectivity index (χ0) is 10.4. The number of rotatable bonds is 3. The fourth-order valence-electron chi connectivity index (χ4n) is 3.94. The third-order valence-corrected chi connectivity index (χ3v) is 4.93. The van der Waals surface area contributed by atoms with E-state index in [0.29, 0.717) is 0 Å². The summed E-state index contributed by atoms with van der Waals surface area (Å²) in [6.07, 6.45) is 4.35. The van der Waals surface area contributed by atoms with E-state index in [1.54, 1.807) is 0 Å². The normalized spacial score (nSPS) is 43.2. The number of likely N-dealkylation sites (tertiary alicyclic amines) is 2. The van der Waals surface area contributed by atoms with E-state index in [0.717, 1.165) is 23.8 Å². The van der Waals surface area contributed by atoms with E-state index < -0.39 is 0 Å². The molecule has 3 fully saturated rings. The number of nitrogens with zero attached hydrogens (tertiary/aromatic N) is 2. The van der Waals surface area contributed by atoms with Gasteiger partial charge in [0, 0.05) is 19.1 Å². The Labute approximate surface area is 93.6 Å². The van der Waals surface area contributed by atoms with Crippen molar-refractivity contribution in [1.82, 2.24) is 9.80 Å². The summed E-state index contributed by atoms with van der Waals surface area (Å²) in [4.78, 5) is 5.21. The summed E-state index contributed by atoms with van der Waals surface area (Å²) in [6.45, 7) is 7.93. The summed E-state index contributed by atoms with van der Waals surface area (Å²) in [5.74, 6) is 3.22. The van der Waals surface area contributed by atoms with Gasteiger partial charge in [0.25, 0.3) is 0 Å². The quantitative estimate of drug-likeness (QED) is 0.696. The van der Waals surface area contributed by atoms with Crippen molar-refractivity contribution in [3.05, 3.63) is 0 Å². The van der Waals surface area contributed by atoms with Gasteiger partial charge < -0.3 is 9.80 Å². The molecule has 0 bridgehead atoms. The minimum atomic E-state index is 0.855. The Balaban J connectivity index is 1.47. The lowest BCUT2D eigenvalue weighted by atomic mass is 10.1.